The van der Waals surface area contributed by atoms with Crippen molar-refractivity contribution in [2.45, 2.75) is 17.6 Å². The number of hydrogen-bond donors (Lipinski definition) is 2. The molecule has 1 aromatic carbocycles. The van der Waals surface area contributed by atoms with Gasteiger partial charge < -0.3 is 11.1 Å². The molecular formula is C14H17N3OS2. The van der Waals surface area contributed by atoms with Crippen molar-refractivity contribution in [2.75, 3.05) is 13.1 Å². The minimum Gasteiger partial charge on any atom is -0.351 e. The molecule has 0 bridgehead atoms. The topological polar surface area (TPSA) is 68.0 Å². The van der Waals surface area contributed by atoms with E-state index in [0.29, 0.717) is 18.7 Å². The van der Waals surface area contributed by atoms with E-state index in [0.717, 1.165) is 21.3 Å². The minimum absolute atomic E-state index is 0.0814. The molecule has 1 aromatic heterocycles. The van der Waals surface area contributed by atoms with E-state index in [4.69, 9.17) is 5.73 Å². The Morgan fingerprint density at radius 1 is 1.40 bits per heavy atom. The number of hydrogen-bond acceptors (Lipinski definition) is 5. The lowest BCUT2D eigenvalue weighted by atomic mass is 10.2. The molecule has 0 aliphatic rings. The van der Waals surface area contributed by atoms with Crippen LogP contribution in [0.3, 0.4) is 0 Å². The first-order chi connectivity index (χ1) is 9.69. The van der Waals surface area contributed by atoms with Crippen molar-refractivity contribution in [1.82, 2.24) is 10.3 Å². The van der Waals surface area contributed by atoms with Gasteiger partial charge in [-0.1, -0.05) is 0 Å². The van der Waals surface area contributed by atoms with Crippen molar-refractivity contribution in [2.24, 2.45) is 5.73 Å². The molecule has 6 heteroatoms. The summed E-state index contributed by atoms with van der Waals surface area (Å²) in [5, 5.41) is 5.92. The van der Waals surface area contributed by atoms with E-state index >= 15 is 0 Å². The number of amides is 1. The number of aromatic nitrogens is 1. The van der Waals surface area contributed by atoms with Crippen molar-refractivity contribution >= 4 is 29.0 Å². The summed E-state index contributed by atoms with van der Waals surface area (Å²) in [5.41, 5.74) is 7.11. The number of thioether (sulfide) groups is 1. The number of nitrogens with zero attached hydrogens (tertiary/aromatic N) is 1. The molecule has 1 amide bonds. The Kier molecular flexibility index (Phi) is 5.58. The molecule has 1 heterocycles. The second-order valence-corrected chi connectivity index (χ2v) is 6.33. The van der Waals surface area contributed by atoms with Crippen LogP contribution >= 0.6 is 23.1 Å². The van der Waals surface area contributed by atoms with Gasteiger partial charge in [0.05, 0.1) is 10.7 Å². The standard InChI is InChI=1S/C14H17N3OS2/c1-10-17-12(8-19-10)9-20-13-4-2-11(3-5-13)14(18)16-7-6-15/h2-5,8H,6-7,9,15H2,1H3,(H,16,18). The number of carbonyl (C=O) groups excluding carboxylic acids is 1. The van der Waals surface area contributed by atoms with E-state index in [2.05, 4.69) is 15.7 Å². The minimum atomic E-state index is -0.0814. The zero-order valence-corrected chi connectivity index (χ0v) is 12.9. The molecule has 2 aromatic rings. The van der Waals surface area contributed by atoms with Crippen LogP contribution in [-0.4, -0.2) is 24.0 Å². The second-order valence-electron chi connectivity index (χ2n) is 4.22. The van der Waals surface area contributed by atoms with Gasteiger partial charge in [0, 0.05) is 34.7 Å². The van der Waals surface area contributed by atoms with E-state index in [1.165, 1.54) is 0 Å². The molecule has 0 spiro atoms. The van der Waals surface area contributed by atoms with E-state index in [9.17, 15) is 4.79 Å². The van der Waals surface area contributed by atoms with Crippen molar-refractivity contribution < 1.29 is 4.79 Å². The van der Waals surface area contributed by atoms with Crippen LogP contribution < -0.4 is 11.1 Å². The van der Waals surface area contributed by atoms with Crippen LogP contribution in [0.25, 0.3) is 0 Å². The highest BCUT2D eigenvalue weighted by Gasteiger charge is 2.05. The van der Waals surface area contributed by atoms with Crippen LogP contribution in [0.1, 0.15) is 21.1 Å². The highest BCUT2D eigenvalue weighted by molar-refractivity contribution is 7.98. The third kappa shape index (κ3) is 4.33. The van der Waals surface area contributed by atoms with Crippen LogP contribution in [0.15, 0.2) is 34.5 Å². The summed E-state index contributed by atoms with van der Waals surface area (Å²) in [5.74, 6) is 0.769. The predicted molar refractivity (Wildman–Crippen MR) is 84.2 cm³/mol. The Hall–Kier alpha value is -1.37. The van der Waals surface area contributed by atoms with E-state index < -0.39 is 0 Å². The van der Waals surface area contributed by atoms with Crippen LogP contribution in [0.2, 0.25) is 0 Å². The van der Waals surface area contributed by atoms with Crippen LogP contribution in [0.5, 0.6) is 0 Å². The summed E-state index contributed by atoms with van der Waals surface area (Å²) >= 11 is 3.38. The normalized spacial score (nSPS) is 10.5. The van der Waals surface area contributed by atoms with Gasteiger partial charge in [0.15, 0.2) is 0 Å². The first-order valence-corrected chi connectivity index (χ1v) is 8.17. The number of nitrogens with two attached hydrogens (primary N) is 1. The number of thiazole rings is 1. The molecular weight excluding hydrogens is 290 g/mol. The van der Waals surface area contributed by atoms with E-state index in [-0.39, 0.29) is 5.91 Å². The molecule has 0 fully saturated rings. The van der Waals surface area contributed by atoms with Crippen molar-refractivity contribution in [3.05, 3.63) is 45.9 Å². The SMILES string of the molecule is Cc1nc(CSc2ccc(C(=O)NCCN)cc2)cs1. The molecule has 106 valence electrons. The maximum atomic E-state index is 11.7. The highest BCUT2D eigenvalue weighted by Crippen LogP contribution is 2.23. The average Bonchev–Trinajstić information content (AvgIpc) is 2.89. The van der Waals surface area contributed by atoms with Gasteiger partial charge in [-0.15, -0.1) is 23.1 Å². The Balaban J connectivity index is 1.89. The lowest BCUT2D eigenvalue weighted by Crippen LogP contribution is -2.28. The quantitative estimate of drug-likeness (QED) is 0.804. The monoisotopic (exact) mass is 307 g/mol. The molecule has 0 radical (unpaired) electrons. The third-order valence-corrected chi connectivity index (χ3v) is 4.47. The molecule has 3 N–H and O–H groups in total. The summed E-state index contributed by atoms with van der Waals surface area (Å²) < 4.78 is 0. The first kappa shape index (κ1) is 15.0. The molecule has 2 rings (SSSR count). The summed E-state index contributed by atoms with van der Waals surface area (Å²) in [4.78, 5) is 17.3. The maximum absolute atomic E-state index is 11.7. The lowest BCUT2D eigenvalue weighted by Gasteiger charge is -2.04. The van der Waals surface area contributed by atoms with Gasteiger partial charge in [0.1, 0.15) is 0 Å². The summed E-state index contributed by atoms with van der Waals surface area (Å²) in [6, 6.07) is 7.59. The Morgan fingerprint density at radius 3 is 2.75 bits per heavy atom. The molecule has 0 saturated carbocycles. The fraction of sp³-hybridized carbons (Fsp3) is 0.286. The molecule has 20 heavy (non-hydrogen) atoms. The molecule has 0 saturated heterocycles. The zero-order valence-electron chi connectivity index (χ0n) is 11.3. The van der Waals surface area contributed by atoms with Gasteiger partial charge in [-0.3, -0.25) is 4.79 Å². The maximum Gasteiger partial charge on any atom is 0.251 e. The van der Waals surface area contributed by atoms with Crippen LogP contribution in [0.4, 0.5) is 0 Å². The zero-order chi connectivity index (χ0) is 14.4. The molecule has 0 atom stereocenters. The fourth-order valence-corrected chi connectivity index (χ4v) is 3.13. The number of aryl methyl sites for hydroxylation is 1. The largest absolute Gasteiger partial charge is 0.351 e. The van der Waals surface area contributed by atoms with Gasteiger partial charge in [-0.05, 0) is 31.2 Å². The van der Waals surface area contributed by atoms with Crippen molar-refractivity contribution in [3.8, 4) is 0 Å². The van der Waals surface area contributed by atoms with Crippen molar-refractivity contribution in [3.63, 3.8) is 0 Å². The number of carbonyl (C=O) groups is 1. The van der Waals surface area contributed by atoms with E-state index in [1.807, 2.05) is 31.2 Å². The smallest absolute Gasteiger partial charge is 0.251 e. The molecule has 0 aliphatic carbocycles. The summed E-state index contributed by atoms with van der Waals surface area (Å²) in [6.45, 7) is 2.96. The average molecular weight is 307 g/mol. The number of nitrogens with one attached hydrogen (secondary N) is 1. The van der Waals surface area contributed by atoms with Gasteiger partial charge in [0.25, 0.3) is 5.91 Å². The van der Waals surface area contributed by atoms with Crippen molar-refractivity contribution in [1.29, 1.82) is 0 Å². The van der Waals surface area contributed by atoms with Gasteiger partial charge in [-0.25, -0.2) is 4.98 Å². The second kappa shape index (κ2) is 7.42. The van der Waals surface area contributed by atoms with E-state index in [1.54, 1.807) is 23.1 Å². The van der Waals surface area contributed by atoms with Crippen LogP contribution in [-0.2, 0) is 5.75 Å². The molecule has 4 nitrogen and oxygen atoms in total. The first-order valence-electron chi connectivity index (χ1n) is 6.31. The highest BCUT2D eigenvalue weighted by atomic mass is 32.2. The number of benzene rings is 1. The number of rotatable bonds is 6. The predicted octanol–water partition coefficient (Wildman–Crippen LogP) is 2.43. The van der Waals surface area contributed by atoms with Gasteiger partial charge in [0.2, 0.25) is 0 Å². The van der Waals surface area contributed by atoms with Gasteiger partial charge in [-0.2, -0.15) is 0 Å². The fourth-order valence-electron chi connectivity index (χ4n) is 1.62. The summed E-state index contributed by atoms with van der Waals surface area (Å²) in [7, 11) is 0. The molecule has 0 unspecified atom stereocenters. The van der Waals surface area contributed by atoms with Gasteiger partial charge >= 0.3 is 0 Å². The lowest BCUT2D eigenvalue weighted by molar-refractivity contribution is 0.0954. The Bertz CT molecular complexity index is 566. The van der Waals surface area contributed by atoms with Crippen LogP contribution in [0, 0.1) is 6.92 Å². The summed E-state index contributed by atoms with van der Waals surface area (Å²) in [6.07, 6.45) is 0. The Labute approximate surface area is 126 Å². The molecule has 0 aliphatic heterocycles. The Morgan fingerprint density at radius 2 is 2.15 bits per heavy atom. The third-order valence-electron chi connectivity index (χ3n) is 2.60.